The summed E-state index contributed by atoms with van der Waals surface area (Å²) in [6.45, 7) is 3.85. The first-order valence-corrected chi connectivity index (χ1v) is 6.52. The lowest BCUT2D eigenvalue weighted by Crippen LogP contribution is -2.42. The molecule has 1 heterocycles. The van der Waals surface area contributed by atoms with Gasteiger partial charge >= 0.3 is 0 Å². The van der Waals surface area contributed by atoms with Crippen molar-refractivity contribution in [1.29, 1.82) is 0 Å². The molecule has 4 nitrogen and oxygen atoms in total. The molecule has 0 aliphatic carbocycles. The van der Waals surface area contributed by atoms with E-state index < -0.39 is 0 Å². The molecular weight excluding hydrogens is 353 g/mol. The lowest BCUT2D eigenvalue weighted by molar-refractivity contribution is 0.235. The number of benzene rings is 1. The summed E-state index contributed by atoms with van der Waals surface area (Å²) in [5.74, 6) is 1.86. The van der Waals surface area contributed by atoms with Crippen molar-refractivity contribution < 1.29 is 4.74 Å². The zero-order chi connectivity index (χ0) is 12.8. The Morgan fingerprint density at radius 2 is 2.16 bits per heavy atom. The Bertz CT molecular complexity index is 398. The van der Waals surface area contributed by atoms with Crippen LogP contribution in [-0.2, 0) is 6.42 Å². The fourth-order valence-corrected chi connectivity index (χ4v) is 2.04. The first-order chi connectivity index (χ1) is 8.83. The van der Waals surface area contributed by atoms with E-state index in [2.05, 4.69) is 34.7 Å². The van der Waals surface area contributed by atoms with Gasteiger partial charge in [-0.2, -0.15) is 0 Å². The molecule has 106 valence electrons. The van der Waals surface area contributed by atoms with Crippen LogP contribution in [0.1, 0.15) is 18.9 Å². The predicted molar refractivity (Wildman–Crippen MR) is 89.6 cm³/mol. The fraction of sp³-hybridized carbons (Fsp3) is 0.500. The highest BCUT2D eigenvalue weighted by Crippen LogP contribution is 2.27. The number of aliphatic imine (C=N–C) groups is 1. The average molecular weight is 375 g/mol. The maximum absolute atomic E-state index is 5.86. The van der Waals surface area contributed by atoms with Gasteiger partial charge in [-0.15, -0.1) is 24.0 Å². The van der Waals surface area contributed by atoms with Gasteiger partial charge in [0.25, 0.3) is 0 Å². The second-order valence-electron chi connectivity index (χ2n) is 4.43. The molecule has 0 aromatic heterocycles. The first-order valence-electron chi connectivity index (χ1n) is 6.52. The number of ether oxygens (including phenoxy) is 1. The van der Waals surface area contributed by atoms with Crippen LogP contribution in [0, 0.1) is 0 Å². The minimum Gasteiger partial charge on any atom is -0.488 e. The van der Waals surface area contributed by atoms with Crippen LogP contribution in [0.5, 0.6) is 5.75 Å². The van der Waals surface area contributed by atoms with Crippen LogP contribution < -0.4 is 15.4 Å². The molecule has 5 heteroatoms. The molecule has 1 atom stereocenters. The van der Waals surface area contributed by atoms with E-state index in [1.807, 2.05) is 12.1 Å². The van der Waals surface area contributed by atoms with E-state index >= 15 is 0 Å². The van der Waals surface area contributed by atoms with Gasteiger partial charge in [0.1, 0.15) is 11.9 Å². The van der Waals surface area contributed by atoms with E-state index in [4.69, 9.17) is 4.74 Å². The van der Waals surface area contributed by atoms with Crippen molar-refractivity contribution in [3.8, 4) is 5.75 Å². The van der Waals surface area contributed by atoms with Gasteiger partial charge in [-0.05, 0) is 18.1 Å². The first kappa shape index (κ1) is 16.1. The second-order valence-corrected chi connectivity index (χ2v) is 4.43. The van der Waals surface area contributed by atoms with E-state index in [0.29, 0.717) is 0 Å². The number of hydrogen-bond donors (Lipinski definition) is 2. The Hall–Kier alpha value is -0.980. The number of para-hydroxylation sites is 1. The quantitative estimate of drug-likeness (QED) is 0.482. The minimum atomic E-state index is 0. The normalized spacial score (nSPS) is 17.2. The third-order valence-corrected chi connectivity index (χ3v) is 2.98. The molecule has 0 saturated heterocycles. The van der Waals surface area contributed by atoms with Crippen molar-refractivity contribution in [2.75, 3.05) is 20.1 Å². The van der Waals surface area contributed by atoms with E-state index in [1.54, 1.807) is 7.05 Å². The zero-order valence-corrected chi connectivity index (χ0v) is 13.8. The summed E-state index contributed by atoms with van der Waals surface area (Å²) in [4.78, 5) is 4.17. The van der Waals surface area contributed by atoms with Crippen molar-refractivity contribution >= 4 is 29.9 Å². The molecule has 1 aliphatic rings. The molecule has 1 aromatic rings. The Morgan fingerprint density at radius 3 is 2.84 bits per heavy atom. The Morgan fingerprint density at radius 1 is 1.37 bits per heavy atom. The van der Waals surface area contributed by atoms with E-state index in [1.165, 1.54) is 5.56 Å². The van der Waals surface area contributed by atoms with Gasteiger partial charge in [-0.3, -0.25) is 4.99 Å². The van der Waals surface area contributed by atoms with Crippen molar-refractivity contribution in [3.05, 3.63) is 29.8 Å². The summed E-state index contributed by atoms with van der Waals surface area (Å²) in [6, 6.07) is 8.22. The lowest BCUT2D eigenvalue weighted by Gasteiger charge is -2.15. The van der Waals surface area contributed by atoms with Gasteiger partial charge < -0.3 is 15.4 Å². The highest BCUT2D eigenvalue weighted by Gasteiger charge is 2.22. The van der Waals surface area contributed by atoms with Gasteiger partial charge in [0.15, 0.2) is 5.96 Å². The summed E-state index contributed by atoms with van der Waals surface area (Å²) in [6.07, 6.45) is 2.25. The van der Waals surface area contributed by atoms with Gasteiger partial charge in [0.05, 0.1) is 6.54 Å². The molecule has 0 fully saturated rings. The number of fused-ring (bicyclic) bond motifs is 1. The smallest absolute Gasteiger partial charge is 0.191 e. The number of hydrogen-bond acceptors (Lipinski definition) is 2. The van der Waals surface area contributed by atoms with Gasteiger partial charge in [0, 0.05) is 20.0 Å². The third kappa shape index (κ3) is 4.56. The Kier molecular flexibility index (Phi) is 6.97. The largest absolute Gasteiger partial charge is 0.488 e. The molecule has 19 heavy (non-hydrogen) atoms. The summed E-state index contributed by atoms with van der Waals surface area (Å²) in [5.41, 5.74) is 1.29. The molecule has 0 spiro atoms. The van der Waals surface area contributed by atoms with E-state index in [9.17, 15) is 0 Å². The summed E-state index contributed by atoms with van der Waals surface area (Å²) in [7, 11) is 1.79. The number of nitrogens with zero attached hydrogens (tertiary/aromatic N) is 1. The van der Waals surface area contributed by atoms with Gasteiger partial charge in [-0.25, -0.2) is 0 Å². The van der Waals surface area contributed by atoms with Crippen molar-refractivity contribution in [2.24, 2.45) is 4.99 Å². The Labute approximate surface area is 132 Å². The van der Waals surface area contributed by atoms with Crippen molar-refractivity contribution in [2.45, 2.75) is 25.9 Å². The SMILES string of the molecule is CCCNC(=NC)NCC1Cc2ccccc2O1.I. The van der Waals surface area contributed by atoms with Crippen LogP contribution in [-0.4, -0.2) is 32.2 Å². The fourth-order valence-electron chi connectivity index (χ4n) is 2.04. The Balaban J connectivity index is 0.00000180. The highest BCUT2D eigenvalue weighted by atomic mass is 127. The van der Waals surface area contributed by atoms with Crippen LogP contribution in [0.25, 0.3) is 0 Å². The van der Waals surface area contributed by atoms with Crippen LogP contribution in [0.2, 0.25) is 0 Å². The third-order valence-electron chi connectivity index (χ3n) is 2.98. The molecule has 1 aromatic carbocycles. The lowest BCUT2D eigenvalue weighted by atomic mass is 10.1. The van der Waals surface area contributed by atoms with Crippen molar-refractivity contribution in [1.82, 2.24) is 10.6 Å². The molecule has 1 unspecified atom stereocenters. The number of rotatable bonds is 4. The second kappa shape index (κ2) is 8.24. The van der Waals surface area contributed by atoms with Crippen LogP contribution >= 0.6 is 24.0 Å². The number of halogens is 1. The molecule has 0 bridgehead atoms. The van der Waals surface area contributed by atoms with Crippen LogP contribution in [0.4, 0.5) is 0 Å². The monoisotopic (exact) mass is 375 g/mol. The highest BCUT2D eigenvalue weighted by molar-refractivity contribution is 14.0. The predicted octanol–water partition coefficient (Wildman–Crippen LogP) is 2.18. The van der Waals surface area contributed by atoms with Crippen molar-refractivity contribution in [3.63, 3.8) is 0 Å². The number of guanidine groups is 1. The summed E-state index contributed by atoms with van der Waals surface area (Å²) >= 11 is 0. The maximum Gasteiger partial charge on any atom is 0.191 e. The molecule has 0 saturated carbocycles. The zero-order valence-electron chi connectivity index (χ0n) is 11.5. The van der Waals surface area contributed by atoms with Gasteiger partial charge in [0.2, 0.25) is 0 Å². The minimum absolute atomic E-state index is 0. The molecule has 1 aliphatic heterocycles. The average Bonchev–Trinajstić information content (AvgIpc) is 2.81. The molecular formula is C14H22IN3O. The van der Waals surface area contributed by atoms with Crippen LogP contribution in [0.15, 0.2) is 29.3 Å². The van der Waals surface area contributed by atoms with E-state index in [-0.39, 0.29) is 30.1 Å². The molecule has 2 N–H and O–H groups in total. The molecule has 2 rings (SSSR count). The van der Waals surface area contributed by atoms with Gasteiger partial charge in [-0.1, -0.05) is 25.1 Å². The molecule has 0 amide bonds. The topological polar surface area (TPSA) is 45.7 Å². The summed E-state index contributed by atoms with van der Waals surface area (Å²) in [5, 5.41) is 6.54. The standard InChI is InChI=1S/C14H21N3O.HI/c1-3-8-16-14(15-2)17-10-12-9-11-6-4-5-7-13(11)18-12;/h4-7,12H,3,8-10H2,1-2H3,(H2,15,16,17);1H. The number of nitrogens with one attached hydrogen (secondary N) is 2. The van der Waals surface area contributed by atoms with Crippen LogP contribution in [0.3, 0.4) is 0 Å². The molecule has 0 radical (unpaired) electrons. The summed E-state index contributed by atoms with van der Waals surface area (Å²) < 4.78 is 5.86. The van der Waals surface area contributed by atoms with E-state index in [0.717, 1.165) is 37.6 Å². The maximum atomic E-state index is 5.86.